The van der Waals surface area contributed by atoms with E-state index >= 15 is 0 Å². The number of amides is 1. The van der Waals surface area contributed by atoms with Crippen molar-refractivity contribution in [3.63, 3.8) is 0 Å². The minimum Gasteiger partial charge on any atom is -0.406 e. The van der Waals surface area contributed by atoms with Gasteiger partial charge in [-0.05, 0) is 67.8 Å². The first kappa shape index (κ1) is 24.5. The first-order valence-corrected chi connectivity index (χ1v) is 11.2. The topological polar surface area (TPSA) is 63.7 Å². The average Bonchev–Trinajstić information content (AvgIpc) is 2.78. The van der Waals surface area contributed by atoms with E-state index in [2.05, 4.69) is 19.9 Å². The van der Waals surface area contributed by atoms with Gasteiger partial charge in [0.2, 0.25) is 0 Å². The number of aromatic nitrogens is 1. The second-order valence-corrected chi connectivity index (χ2v) is 8.54. The van der Waals surface area contributed by atoms with E-state index in [0.29, 0.717) is 41.3 Å². The van der Waals surface area contributed by atoms with Gasteiger partial charge < -0.3 is 19.7 Å². The van der Waals surface area contributed by atoms with E-state index in [0.717, 1.165) is 5.56 Å². The Morgan fingerprint density at radius 3 is 2.40 bits per heavy atom. The van der Waals surface area contributed by atoms with Crippen molar-refractivity contribution in [2.45, 2.75) is 39.3 Å². The third-order valence-electron chi connectivity index (χ3n) is 5.73. The molecule has 4 rings (SSSR count). The van der Waals surface area contributed by atoms with Crippen LogP contribution in [0.25, 0.3) is 11.1 Å². The van der Waals surface area contributed by atoms with Gasteiger partial charge in [0.25, 0.3) is 5.91 Å². The minimum absolute atomic E-state index is 0.0381. The molecule has 0 spiro atoms. The van der Waals surface area contributed by atoms with Crippen molar-refractivity contribution in [3.8, 4) is 16.9 Å². The van der Waals surface area contributed by atoms with Gasteiger partial charge >= 0.3 is 6.36 Å². The molecule has 2 atom stereocenters. The maximum atomic E-state index is 13.3. The molecule has 0 aliphatic carbocycles. The standard InChI is InChI=1S/C26H26F3N3O3/c1-16-14-32(15-17(2)34-16)24-23(8-5-13-30-24)31-25(33)22-7-4-6-21(18(22)3)19-9-11-20(12-10-19)35-26(27,28)29/h4-13,16-17H,14-15H2,1-3H3,(H,31,33)/t16-,17+. The summed E-state index contributed by atoms with van der Waals surface area (Å²) >= 11 is 0. The highest BCUT2D eigenvalue weighted by Gasteiger charge is 2.31. The van der Waals surface area contributed by atoms with Gasteiger partial charge in [0, 0.05) is 24.8 Å². The van der Waals surface area contributed by atoms with Crippen LogP contribution in [-0.4, -0.2) is 42.6 Å². The lowest BCUT2D eigenvalue weighted by atomic mass is 9.96. The Balaban J connectivity index is 1.57. The minimum atomic E-state index is -4.75. The van der Waals surface area contributed by atoms with Crippen molar-refractivity contribution in [1.29, 1.82) is 0 Å². The molecule has 2 heterocycles. The van der Waals surface area contributed by atoms with Crippen LogP contribution in [0, 0.1) is 6.92 Å². The third-order valence-corrected chi connectivity index (χ3v) is 5.73. The fraction of sp³-hybridized carbons (Fsp3) is 0.308. The van der Waals surface area contributed by atoms with E-state index in [4.69, 9.17) is 4.74 Å². The molecule has 0 radical (unpaired) electrons. The van der Waals surface area contributed by atoms with Gasteiger partial charge in [-0.25, -0.2) is 4.98 Å². The summed E-state index contributed by atoms with van der Waals surface area (Å²) in [5.74, 6) is 0.0746. The number of hydrogen-bond acceptors (Lipinski definition) is 5. The monoisotopic (exact) mass is 485 g/mol. The van der Waals surface area contributed by atoms with Crippen LogP contribution in [0.15, 0.2) is 60.8 Å². The smallest absolute Gasteiger partial charge is 0.406 e. The summed E-state index contributed by atoms with van der Waals surface area (Å²) in [7, 11) is 0. The second-order valence-electron chi connectivity index (χ2n) is 8.54. The number of morpholine rings is 1. The van der Waals surface area contributed by atoms with Crippen molar-refractivity contribution in [2.24, 2.45) is 0 Å². The quantitative estimate of drug-likeness (QED) is 0.493. The molecule has 0 bridgehead atoms. The summed E-state index contributed by atoms with van der Waals surface area (Å²) in [4.78, 5) is 19.9. The summed E-state index contributed by atoms with van der Waals surface area (Å²) in [6, 6.07) is 14.4. The van der Waals surface area contributed by atoms with Crippen LogP contribution in [0.5, 0.6) is 5.75 Å². The second kappa shape index (κ2) is 9.95. The van der Waals surface area contributed by atoms with Crippen LogP contribution in [-0.2, 0) is 4.74 Å². The third kappa shape index (κ3) is 5.92. The van der Waals surface area contributed by atoms with E-state index in [1.165, 1.54) is 24.3 Å². The molecule has 0 saturated carbocycles. The summed E-state index contributed by atoms with van der Waals surface area (Å²) in [5.41, 5.74) is 3.16. The van der Waals surface area contributed by atoms with Gasteiger partial charge in [-0.3, -0.25) is 4.79 Å². The van der Waals surface area contributed by atoms with Crippen molar-refractivity contribution in [2.75, 3.05) is 23.3 Å². The normalized spacial score (nSPS) is 18.3. The van der Waals surface area contributed by atoms with Crippen LogP contribution >= 0.6 is 0 Å². The molecular formula is C26H26F3N3O3. The van der Waals surface area contributed by atoms with Crippen LogP contribution in [0.4, 0.5) is 24.7 Å². The predicted molar refractivity (Wildman–Crippen MR) is 128 cm³/mol. The van der Waals surface area contributed by atoms with Crippen molar-refractivity contribution in [3.05, 3.63) is 71.9 Å². The number of benzene rings is 2. The zero-order valence-corrected chi connectivity index (χ0v) is 19.6. The van der Waals surface area contributed by atoms with Gasteiger partial charge in [0.05, 0.1) is 17.9 Å². The van der Waals surface area contributed by atoms with E-state index in [1.54, 1.807) is 31.3 Å². The van der Waals surface area contributed by atoms with E-state index in [-0.39, 0.29) is 23.9 Å². The van der Waals surface area contributed by atoms with Gasteiger partial charge in [0.15, 0.2) is 5.82 Å². The maximum Gasteiger partial charge on any atom is 0.573 e. The molecule has 184 valence electrons. The Morgan fingerprint density at radius 1 is 1.06 bits per heavy atom. The Bertz CT molecular complexity index is 1190. The number of rotatable bonds is 5. The molecule has 1 N–H and O–H groups in total. The molecule has 1 aromatic heterocycles. The zero-order chi connectivity index (χ0) is 25.2. The first-order valence-electron chi connectivity index (χ1n) is 11.2. The van der Waals surface area contributed by atoms with Crippen molar-refractivity contribution < 1.29 is 27.4 Å². The fourth-order valence-corrected chi connectivity index (χ4v) is 4.32. The lowest BCUT2D eigenvalue weighted by molar-refractivity contribution is -0.274. The van der Waals surface area contributed by atoms with Crippen molar-refractivity contribution in [1.82, 2.24) is 4.98 Å². The molecule has 1 aliphatic rings. The highest BCUT2D eigenvalue weighted by Crippen LogP contribution is 2.31. The van der Waals surface area contributed by atoms with Crippen LogP contribution in [0.2, 0.25) is 0 Å². The molecule has 2 aromatic carbocycles. The number of nitrogens with one attached hydrogen (secondary N) is 1. The summed E-state index contributed by atoms with van der Waals surface area (Å²) in [6.07, 6.45) is -2.99. The number of carbonyl (C=O) groups is 1. The lowest BCUT2D eigenvalue weighted by Gasteiger charge is -2.36. The van der Waals surface area contributed by atoms with Gasteiger partial charge in [-0.15, -0.1) is 13.2 Å². The number of carbonyl (C=O) groups excluding carboxylic acids is 1. The molecule has 35 heavy (non-hydrogen) atoms. The molecule has 3 aromatic rings. The number of halogens is 3. The van der Waals surface area contributed by atoms with Gasteiger partial charge in [-0.1, -0.05) is 24.3 Å². The first-order chi connectivity index (χ1) is 16.6. The zero-order valence-electron chi connectivity index (χ0n) is 19.6. The summed E-state index contributed by atoms with van der Waals surface area (Å²) in [5, 5.41) is 2.98. The molecule has 1 amide bonds. The average molecular weight is 486 g/mol. The lowest BCUT2D eigenvalue weighted by Crippen LogP contribution is -2.46. The Kier molecular flexibility index (Phi) is 6.98. The van der Waals surface area contributed by atoms with E-state index < -0.39 is 6.36 Å². The largest absolute Gasteiger partial charge is 0.573 e. The van der Waals surface area contributed by atoms with Gasteiger partial charge in [-0.2, -0.15) is 0 Å². The van der Waals surface area contributed by atoms with Gasteiger partial charge in [0.1, 0.15) is 5.75 Å². The molecule has 6 nitrogen and oxygen atoms in total. The Morgan fingerprint density at radius 2 is 1.74 bits per heavy atom. The molecule has 9 heteroatoms. The van der Waals surface area contributed by atoms with Crippen LogP contribution in [0.1, 0.15) is 29.8 Å². The highest BCUT2D eigenvalue weighted by molar-refractivity contribution is 6.07. The number of anilines is 2. The van der Waals surface area contributed by atoms with E-state index in [9.17, 15) is 18.0 Å². The number of nitrogens with zero attached hydrogens (tertiary/aromatic N) is 2. The Hall–Kier alpha value is -3.59. The number of ether oxygens (including phenoxy) is 2. The van der Waals surface area contributed by atoms with Crippen molar-refractivity contribution >= 4 is 17.4 Å². The van der Waals surface area contributed by atoms with Crippen LogP contribution in [0.3, 0.4) is 0 Å². The predicted octanol–water partition coefficient (Wildman–Crippen LogP) is 5.82. The fourth-order valence-electron chi connectivity index (χ4n) is 4.32. The molecule has 1 saturated heterocycles. The maximum absolute atomic E-state index is 13.3. The van der Waals surface area contributed by atoms with Crippen LogP contribution < -0.4 is 15.0 Å². The molecular weight excluding hydrogens is 459 g/mol. The number of alkyl halides is 3. The highest BCUT2D eigenvalue weighted by atomic mass is 19.4. The number of hydrogen-bond donors (Lipinski definition) is 1. The summed E-state index contributed by atoms with van der Waals surface area (Å²) in [6.45, 7) is 7.13. The van der Waals surface area contributed by atoms with E-state index in [1.807, 2.05) is 26.0 Å². The summed E-state index contributed by atoms with van der Waals surface area (Å²) < 4.78 is 47.1. The molecule has 1 aliphatic heterocycles. The SMILES string of the molecule is Cc1c(C(=O)Nc2cccnc2N2C[C@@H](C)O[C@@H](C)C2)cccc1-c1ccc(OC(F)(F)F)cc1. The molecule has 1 fully saturated rings. The Labute approximate surface area is 201 Å². The molecule has 0 unspecified atom stereocenters. The number of pyridine rings is 1.